The highest BCUT2D eigenvalue weighted by molar-refractivity contribution is 6.00. The van der Waals surface area contributed by atoms with Gasteiger partial charge in [0.1, 0.15) is 0 Å². The molecule has 0 saturated heterocycles. The number of nitro benzene ring substituents is 1. The molecule has 1 N–H and O–H groups in total. The van der Waals surface area contributed by atoms with E-state index >= 15 is 0 Å². The molecule has 0 aliphatic carbocycles. The lowest BCUT2D eigenvalue weighted by Crippen LogP contribution is -2.14. The van der Waals surface area contributed by atoms with Gasteiger partial charge in [-0.15, -0.1) is 0 Å². The van der Waals surface area contributed by atoms with E-state index < -0.39 is 10.8 Å². The van der Waals surface area contributed by atoms with Gasteiger partial charge in [-0.3, -0.25) is 20.2 Å². The first kappa shape index (κ1) is 15.3. The van der Waals surface area contributed by atoms with Gasteiger partial charge in [-0.05, 0) is 28.5 Å². The zero-order valence-electron chi connectivity index (χ0n) is 11.8. The van der Waals surface area contributed by atoms with Crippen LogP contribution in [-0.2, 0) is 11.3 Å². The minimum Gasteiger partial charge on any atom is -0.290 e. The van der Waals surface area contributed by atoms with E-state index in [2.05, 4.69) is 20.8 Å². The molecule has 0 bridgehead atoms. The van der Waals surface area contributed by atoms with E-state index in [1.807, 2.05) is 6.92 Å². The molecule has 1 aromatic carbocycles. The first-order valence-electron chi connectivity index (χ1n) is 6.60. The lowest BCUT2D eigenvalue weighted by molar-refractivity contribution is -0.384. The molecule has 1 amide bonds. The quantitative estimate of drug-likeness (QED) is 0.492. The minimum absolute atomic E-state index is 0.0329. The lowest BCUT2D eigenvalue weighted by atomic mass is 10.2. The van der Waals surface area contributed by atoms with Crippen LogP contribution in [0.1, 0.15) is 18.9 Å². The molecular weight excluding hydrogens is 288 g/mol. The summed E-state index contributed by atoms with van der Waals surface area (Å²) < 4.78 is 1.49. The Balaban J connectivity index is 2.03. The molecule has 0 aliphatic rings. The summed E-state index contributed by atoms with van der Waals surface area (Å²) in [6.07, 6.45) is 3.58. The molecule has 1 aromatic heterocycles. The van der Waals surface area contributed by atoms with Gasteiger partial charge >= 0.3 is 0 Å². The number of aryl methyl sites for hydroxylation is 1. The highest BCUT2D eigenvalue weighted by Gasteiger charge is 2.08. The predicted octanol–water partition coefficient (Wildman–Crippen LogP) is 1.64. The maximum Gasteiger partial charge on any atom is 0.270 e. The molecule has 0 radical (unpaired) electrons. The van der Waals surface area contributed by atoms with Crippen molar-refractivity contribution in [2.24, 2.45) is 0 Å². The van der Waals surface area contributed by atoms with Crippen molar-refractivity contribution < 1.29 is 9.72 Å². The maximum atomic E-state index is 11.8. The fourth-order valence-corrected chi connectivity index (χ4v) is 1.72. The van der Waals surface area contributed by atoms with Crippen LogP contribution >= 0.6 is 0 Å². The Kier molecular flexibility index (Phi) is 4.91. The van der Waals surface area contributed by atoms with E-state index in [-0.39, 0.29) is 11.6 Å². The molecule has 0 saturated carbocycles. The number of nitro groups is 1. The van der Waals surface area contributed by atoms with Crippen LogP contribution in [0.15, 0.2) is 30.3 Å². The fourth-order valence-electron chi connectivity index (χ4n) is 1.72. The van der Waals surface area contributed by atoms with Gasteiger partial charge in [0.25, 0.3) is 11.6 Å². The molecule has 0 spiro atoms. The molecule has 9 nitrogen and oxygen atoms in total. The number of non-ortho nitro benzene ring substituents is 1. The van der Waals surface area contributed by atoms with Crippen LogP contribution in [0.3, 0.4) is 0 Å². The second-order valence-electron chi connectivity index (χ2n) is 4.40. The van der Waals surface area contributed by atoms with Crippen molar-refractivity contribution in [2.75, 3.05) is 5.32 Å². The number of nitrogens with one attached hydrogen (secondary N) is 1. The van der Waals surface area contributed by atoms with Gasteiger partial charge in [-0.2, -0.15) is 0 Å². The van der Waals surface area contributed by atoms with Crippen molar-refractivity contribution in [3.05, 3.63) is 46.0 Å². The van der Waals surface area contributed by atoms with Crippen molar-refractivity contribution in [3.63, 3.8) is 0 Å². The average molecular weight is 302 g/mol. The Labute approximate surface area is 125 Å². The predicted molar refractivity (Wildman–Crippen MR) is 78.9 cm³/mol. The van der Waals surface area contributed by atoms with Crippen molar-refractivity contribution in [2.45, 2.75) is 19.9 Å². The third-order valence-corrected chi connectivity index (χ3v) is 2.71. The third-order valence-electron chi connectivity index (χ3n) is 2.71. The van der Waals surface area contributed by atoms with Crippen molar-refractivity contribution in [3.8, 4) is 0 Å². The van der Waals surface area contributed by atoms with E-state index in [0.717, 1.165) is 6.42 Å². The number of nitrogens with zero attached hydrogens (tertiary/aromatic N) is 5. The van der Waals surface area contributed by atoms with Gasteiger partial charge < -0.3 is 0 Å². The van der Waals surface area contributed by atoms with Gasteiger partial charge in [0.05, 0.1) is 4.92 Å². The Bertz CT molecular complexity index is 709. The highest BCUT2D eigenvalue weighted by atomic mass is 16.6. The molecule has 2 aromatic rings. The smallest absolute Gasteiger partial charge is 0.270 e. The summed E-state index contributed by atoms with van der Waals surface area (Å²) in [6.45, 7) is 2.56. The number of carbonyl (C=O) groups is 1. The number of rotatable bonds is 6. The number of hydrogen-bond donors (Lipinski definition) is 1. The van der Waals surface area contributed by atoms with E-state index in [1.165, 1.54) is 29.0 Å². The normalized spacial score (nSPS) is 10.8. The summed E-state index contributed by atoms with van der Waals surface area (Å²) in [5.74, 6) is -0.158. The monoisotopic (exact) mass is 302 g/mol. The number of anilines is 1. The van der Waals surface area contributed by atoms with Gasteiger partial charge in [0.15, 0.2) is 0 Å². The molecule has 0 aliphatic heterocycles. The molecule has 0 fully saturated rings. The highest BCUT2D eigenvalue weighted by Crippen LogP contribution is 2.14. The topological polar surface area (TPSA) is 116 Å². The van der Waals surface area contributed by atoms with Gasteiger partial charge in [0, 0.05) is 24.8 Å². The molecule has 1 heterocycles. The number of hydrogen-bond acceptors (Lipinski definition) is 6. The number of carbonyl (C=O) groups excluding carboxylic acids is 1. The van der Waals surface area contributed by atoms with Crippen LogP contribution in [0.25, 0.3) is 6.08 Å². The zero-order valence-corrected chi connectivity index (χ0v) is 11.8. The summed E-state index contributed by atoms with van der Waals surface area (Å²) >= 11 is 0. The lowest BCUT2D eigenvalue weighted by Gasteiger charge is -2.02. The van der Waals surface area contributed by atoms with Crippen LogP contribution in [0.5, 0.6) is 0 Å². The van der Waals surface area contributed by atoms with E-state index in [1.54, 1.807) is 12.1 Å². The van der Waals surface area contributed by atoms with Crippen LogP contribution in [0, 0.1) is 10.1 Å². The number of benzene rings is 1. The van der Waals surface area contributed by atoms with Crippen LogP contribution in [0.2, 0.25) is 0 Å². The van der Waals surface area contributed by atoms with Crippen molar-refractivity contribution in [1.29, 1.82) is 0 Å². The zero-order chi connectivity index (χ0) is 15.9. The van der Waals surface area contributed by atoms with Gasteiger partial charge in [0.2, 0.25) is 5.95 Å². The minimum atomic E-state index is -0.490. The number of tetrazole rings is 1. The van der Waals surface area contributed by atoms with Crippen molar-refractivity contribution >= 4 is 23.6 Å². The number of amides is 1. The van der Waals surface area contributed by atoms with E-state index in [0.29, 0.717) is 12.1 Å². The molecule has 22 heavy (non-hydrogen) atoms. The Hall–Kier alpha value is -3.10. The molecule has 9 heteroatoms. The van der Waals surface area contributed by atoms with Crippen LogP contribution in [-0.4, -0.2) is 31.0 Å². The summed E-state index contributed by atoms with van der Waals surface area (Å²) in [6, 6.07) is 5.98. The Morgan fingerprint density at radius 1 is 1.50 bits per heavy atom. The second-order valence-corrected chi connectivity index (χ2v) is 4.40. The third kappa shape index (κ3) is 3.95. The summed E-state index contributed by atoms with van der Waals surface area (Å²) in [4.78, 5) is 22.0. The standard InChI is InChI=1S/C13H14N6O3/c1-2-8-18-13(15-16-17-18)14-12(20)7-6-10-4-3-5-11(9-10)19(21)22/h3-7,9H,2,8H2,1H3,(H,14,15,17,20)/b7-6+. The average Bonchev–Trinajstić information content (AvgIpc) is 2.93. The van der Waals surface area contributed by atoms with E-state index in [4.69, 9.17) is 0 Å². The summed E-state index contributed by atoms with van der Waals surface area (Å²) in [7, 11) is 0. The molecule has 2 rings (SSSR count). The van der Waals surface area contributed by atoms with E-state index in [9.17, 15) is 14.9 Å². The molecule has 114 valence electrons. The second kappa shape index (κ2) is 7.07. The molecular formula is C13H14N6O3. The maximum absolute atomic E-state index is 11.8. The largest absolute Gasteiger partial charge is 0.290 e. The van der Waals surface area contributed by atoms with Crippen molar-refractivity contribution in [1.82, 2.24) is 20.2 Å². The van der Waals surface area contributed by atoms with Gasteiger partial charge in [-0.1, -0.05) is 24.2 Å². The van der Waals surface area contributed by atoms with Crippen LogP contribution in [0.4, 0.5) is 11.6 Å². The molecule has 0 atom stereocenters. The fraction of sp³-hybridized carbons (Fsp3) is 0.231. The summed E-state index contributed by atoms with van der Waals surface area (Å²) in [5.41, 5.74) is 0.520. The van der Waals surface area contributed by atoms with Gasteiger partial charge in [-0.25, -0.2) is 4.68 Å². The first-order valence-corrected chi connectivity index (χ1v) is 6.60. The summed E-state index contributed by atoms with van der Waals surface area (Å²) in [5, 5.41) is 24.2. The SMILES string of the molecule is CCCn1nnnc1NC(=O)/C=C/c1cccc([N+](=O)[O-])c1. The van der Waals surface area contributed by atoms with Crippen LogP contribution < -0.4 is 5.32 Å². The molecule has 0 unspecified atom stereocenters. The number of aromatic nitrogens is 4. The Morgan fingerprint density at radius 2 is 2.32 bits per heavy atom. The Morgan fingerprint density at radius 3 is 3.05 bits per heavy atom. The first-order chi connectivity index (χ1) is 10.6.